The number of nitrogens with zero attached hydrogens (tertiary/aromatic N) is 3. The highest BCUT2D eigenvalue weighted by atomic mass is 19.1. The van der Waals surface area contributed by atoms with E-state index in [-0.39, 0.29) is 6.10 Å². The van der Waals surface area contributed by atoms with Crippen molar-refractivity contribution < 1.29 is 9.13 Å². The Morgan fingerprint density at radius 2 is 2.20 bits per heavy atom. The van der Waals surface area contributed by atoms with E-state index in [4.69, 9.17) is 4.74 Å². The third-order valence-electron chi connectivity index (χ3n) is 4.05. The van der Waals surface area contributed by atoms with Crippen molar-refractivity contribution in [3.05, 3.63) is 24.0 Å². The molecule has 0 unspecified atom stereocenters. The molecular formula is C15H22FN3O. The van der Waals surface area contributed by atoms with E-state index in [1.165, 1.54) is 0 Å². The summed E-state index contributed by atoms with van der Waals surface area (Å²) in [4.78, 5) is 8.89. The van der Waals surface area contributed by atoms with Gasteiger partial charge in [0.2, 0.25) is 0 Å². The first-order valence-corrected chi connectivity index (χ1v) is 7.42. The summed E-state index contributed by atoms with van der Waals surface area (Å²) < 4.78 is 18.6. The number of rotatable bonds is 4. The SMILES string of the molecule is CCc1ccc(N2CCO[C@H](CN3CC(F)C3)C2)cn1. The zero-order valence-corrected chi connectivity index (χ0v) is 12.0. The maximum Gasteiger partial charge on any atom is 0.125 e. The van der Waals surface area contributed by atoms with Gasteiger partial charge in [-0.1, -0.05) is 6.92 Å². The number of hydrogen-bond donors (Lipinski definition) is 0. The molecule has 3 heterocycles. The molecule has 0 N–H and O–H groups in total. The lowest BCUT2D eigenvalue weighted by atomic mass is 10.1. The largest absolute Gasteiger partial charge is 0.373 e. The molecule has 2 aliphatic heterocycles. The molecule has 2 saturated heterocycles. The van der Waals surface area contributed by atoms with Crippen molar-refractivity contribution in [1.29, 1.82) is 0 Å². The second-order valence-electron chi connectivity index (χ2n) is 5.62. The van der Waals surface area contributed by atoms with Gasteiger partial charge in [-0.2, -0.15) is 0 Å². The van der Waals surface area contributed by atoms with E-state index >= 15 is 0 Å². The first-order valence-electron chi connectivity index (χ1n) is 7.42. The molecule has 4 nitrogen and oxygen atoms in total. The number of ether oxygens (including phenoxy) is 1. The molecule has 0 saturated carbocycles. The summed E-state index contributed by atoms with van der Waals surface area (Å²) in [7, 11) is 0. The van der Waals surface area contributed by atoms with Crippen LogP contribution in [-0.2, 0) is 11.2 Å². The maximum absolute atomic E-state index is 12.8. The van der Waals surface area contributed by atoms with Gasteiger partial charge in [-0.05, 0) is 18.6 Å². The molecule has 0 aliphatic carbocycles. The quantitative estimate of drug-likeness (QED) is 0.835. The maximum atomic E-state index is 12.8. The molecule has 110 valence electrons. The second-order valence-corrected chi connectivity index (χ2v) is 5.62. The topological polar surface area (TPSA) is 28.6 Å². The van der Waals surface area contributed by atoms with Crippen LogP contribution in [0.5, 0.6) is 0 Å². The molecule has 0 aromatic carbocycles. The Kier molecular flexibility index (Phi) is 4.17. The molecule has 0 bridgehead atoms. The van der Waals surface area contributed by atoms with Gasteiger partial charge >= 0.3 is 0 Å². The van der Waals surface area contributed by atoms with Gasteiger partial charge in [0.25, 0.3) is 0 Å². The minimum atomic E-state index is -0.638. The molecule has 2 aliphatic rings. The number of anilines is 1. The monoisotopic (exact) mass is 279 g/mol. The van der Waals surface area contributed by atoms with Crippen LogP contribution in [0.25, 0.3) is 0 Å². The fourth-order valence-electron chi connectivity index (χ4n) is 2.82. The third kappa shape index (κ3) is 3.10. The Labute approximate surface area is 119 Å². The Bertz CT molecular complexity index is 433. The summed E-state index contributed by atoms with van der Waals surface area (Å²) in [6.45, 7) is 6.55. The zero-order chi connectivity index (χ0) is 13.9. The Balaban J connectivity index is 1.56. The number of likely N-dealkylation sites (tertiary alicyclic amines) is 1. The molecule has 2 fully saturated rings. The number of morpholine rings is 1. The highest BCUT2D eigenvalue weighted by Gasteiger charge is 2.30. The fraction of sp³-hybridized carbons (Fsp3) is 0.667. The van der Waals surface area contributed by atoms with Crippen LogP contribution in [0.2, 0.25) is 0 Å². The van der Waals surface area contributed by atoms with E-state index in [2.05, 4.69) is 33.8 Å². The van der Waals surface area contributed by atoms with Gasteiger partial charge in [-0.25, -0.2) is 4.39 Å². The van der Waals surface area contributed by atoms with Crippen molar-refractivity contribution >= 4 is 5.69 Å². The molecule has 0 amide bonds. The highest BCUT2D eigenvalue weighted by Crippen LogP contribution is 2.19. The summed E-state index contributed by atoms with van der Waals surface area (Å²) in [6.07, 6.45) is 2.44. The number of alkyl halides is 1. The lowest BCUT2D eigenvalue weighted by Crippen LogP contribution is -2.55. The van der Waals surface area contributed by atoms with Crippen molar-refractivity contribution in [1.82, 2.24) is 9.88 Å². The van der Waals surface area contributed by atoms with Crippen molar-refractivity contribution in [2.24, 2.45) is 0 Å². The van der Waals surface area contributed by atoms with E-state index < -0.39 is 6.17 Å². The van der Waals surface area contributed by atoms with Gasteiger partial charge in [0.05, 0.1) is 24.6 Å². The third-order valence-corrected chi connectivity index (χ3v) is 4.05. The Morgan fingerprint density at radius 1 is 1.35 bits per heavy atom. The van der Waals surface area contributed by atoms with Gasteiger partial charge in [0, 0.05) is 38.4 Å². The number of pyridine rings is 1. The van der Waals surface area contributed by atoms with Gasteiger partial charge in [-0.3, -0.25) is 9.88 Å². The first-order chi connectivity index (χ1) is 9.74. The number of aromatic nitrogens is 1. The van der Waals surface area contributed by atoms with E-state index in [1.54, 1.807) is 0 Å². The van der Waals surface area contributed by atoms with Crippen LogP contribution in [0.1, 0.15) is 12.6 Å². The van der Waals surface area contributed by atoms with E-state index in [0.717, 1.165) is 44.0 Å². The summed E-state index contributed by atoms with van der Waals surface area (Å²) in [5.74, 6) is 0. The van der Waals surface area contributed by atoms with Crippen LogP contribution in [0.15, 0.2) is 18.3 Å². The predicted molar refractivity (Wildman–Crippen MR) is 76.9 cm³/mol. The van der Waals surface area contributed by atoms with Crippen LogP contribution < -0.4 is 4.90 Å². The van der Waals surface area contributed by atoms with Crippen molar-refractivity contribution in [2.45, 2.75) is 25.6 Å². The lowest BCUT2D eigenvalue weighted by Gasteiger charge is -2.40. The number of hydrogen-bond acceptors (Lipinski definition) is 4. The van der Waals surface area contributed by atoms with Crippen LogP contribution in [0, 0.1) is 0 Å². The molecule has 5 heteroatoms. The standard InChI is InChI=1S/C15H22FN3O/c1-2-13-3-4-14(7-17-13)19-5-6-20-15(11-19)10-18-8-12(16)9-18/h3-4,7,12,15H,2,5-6,8-11H2,1H3/t15-/m1/s1. The van der Waals surface area contributed by atoms with Gasteiger partial charge in [-0.15, -0.1) is 0 Å². The number of aryl methyl sites for hydroxylation is 1. The minimum Gasteiger partial charge on any atom is -0.373 e. The highest BCUT2D eigenvalue weighted by molar-refractivity contribution is 5.45. The van der Waals surface area contributed by atoms with Gasteiger partial charge in [0.15, 0.2) is 0 Å². The van der Waals surface area contributed by atoms with Crippen LogP contribution in [0.3, 0.4) is 0 Å². The van der Waals surface area contributed by atoms with Gasteiger partial charge in [0.1, 0.15) is 6.17 Å². The molecule has 1 atom stereocenters. The van der Waals surface area contributed by atoms with E-state index in [1.807, 2.05) is 6.20 Å². The van der Waals surface area contributed by atoms with Crippen molar-refractivity contribution in [3.63, 3.8) is 0 Å². The first kappa shape index (κ1) is 13.8. The van der Waals surface area contributed by atoms with Crippen molar-refractivity contribution in [2.75, 3.05) is 44.2 Å². The minimum absolute atomic E-state index is 0.169. The molecule has 3 rings (SSSR count). The fourth-order valence-corrected chi connectivity index (χ4v) is 2.82. The molecular weight excluding hydrogens is 257 g/mol. The van der Waals surface area contributed by atoms with Crippen LogP contribution in [0.4, 0.5) is 10.1 Å². The zero-order valence-electron chi connectivity index (χ0n) is 12.0. The van der Waals surface area contributed by atoms with Crippen molar-refractivity contribution in [3.8, 4) is 0 Å². The Morgan fingerprint density at radius 3 is 2.85 bits per heavy atom. The average Bonchev–Trinajstić information content (AvgIpc) is 2.46. The molecule has 0 spiro atoms. The van der Waals surface area contributed by atoms with Crippen LogP contribution in [-0.4, -0.2) is 61.5 Å². The summed E-state index contributed by atoms with van der Waals surface area (Å²) in [6, 6.07) is 4.22. The van der Waals surface area contributed by atoms with E-state index in [9.17, 15) is 4.39 Å². The second kappa shape index (κ2) is 6.06. The number of halogens is 1. The van der Waals surface area contributed by atoms with Gasteiger partial charge < -0.3 is 9.64 Å². The molecule has 1 aromatic rings. The summed E-state index contributed by atoms with van der Waals surface area (Å²) >= 11 is 0. The van der Waals surface area contributed by atoms with E-state index in [0.29, 0.717) is 13.1 Å². The predicted octanol–water partition coefficient (Wildman–Crippen LogP) is 1.50. The molecule has 0 radical (unpaired) electrons. The molecule has 1 aromatic heterocycles. The normalized spacial score (nSPS) is 24.7. The average molecular weight is 279 g/mol. The lowest BCUT2D eigenvalue weighted by molar-refractivity contribution is -0.0202. The molecule has 20 heavy (non-hydrogen) atoms. The summed E-state index contributed by atoms with van der Waals surface area (Å²) in [5, 5.41) is 0. The Hall–Kier alpha value is -1.20. The van der Waals surface area contributed by atoms with Crippen LogP contribution >= 0.6 is 0 Å². The summed E-state index contributed by atoms with van der Waals surface area (Å²) in [5.41, 5.74) is 2.27. The smallest absolute Gasteiger partial charge is 0.125 e.